The fraction of sp³-hybridized carbons (Fsp3) is 0.292. The van der Waals surface area contributed by atoms with Crippen LogP contribution in [-0.2, 0) is 16.0 Å². The first-order chi connectivity index (χ1) is 14.4. The molecule has 0 radical (unpaired) electrons. The molecule has 0 saturated heterocycles. The molecule has 0 atom stereocenters. The highest BCUT2D eigenvalue weighted by Gasteiger charge is 2.17. The molecule has 3 aromatic rings. The Morgan fingerprint density at radius 1 is 1.00 bits per heavy atom. The lowest BCUT2D eigenvalue weighted by atomic mass is 10.0. The number of carbonyl (C=O) groups is 2. The number of ether oxygens (including phenoxy) is 2. The summed E-state index contributed by atoms with van der Waals surface area (Å²) in [7, 11) is 0. The molecule has 1 heterocycles. The summed E-state index contributed by atoms with van der Waals surface area (Å²) in [4.78, 5) is 36.4. The number of Topliss-reactive ketones (excluding diaryl/α,β-unsaturated/α-hetero) is 1. The van der Waals surface area contributed by atoms with Gasteiger partial charge in [-0.15, -0.1) is 0 Å². The molecule has 30 heavy (non-hydrogen) atoms. The Kier molecular flexibility index (Phi) is 6.67. The number of esters is 1. The highest BCUT2D eigenvalue weighted by Crippen LogP contribution is 2.29. The zero-order valence-electron chi connectivity index (χ0n) is 17.3. The van der Waals surface area contributed by atoms with E-state index < -0.39 is 5.63 Å². The van der Waals surface area contributed by atoms with Gasteiger partial charge in [-0.3, -0.25) is 9.59 Å². The Hall–Kier alpha value is -3.41. The molecule has 1 aromatic heterocycles. The van der Waals surface area contributed by atoms with Crippen LogP contribution in [0.3, 0.4) is 0 Å². The lowest BCUT2D eigenvalue weighted by Crippen LogP contribution is -2.14. The molecule has 0 unspecified atom stereocenters. The van der Waals surface area contributed by atoms with Crippen LogP contribution in [0, 0.1) is 13.8 Å². The molecular formula is C24H24O6. The van der Waals surface area contributed by atoms with Crippen LogP contribution in [-0.4, -0.2) is 25.0 Å². The summed E-state index contributed by atoms with van der Waals surface area (Å²) in [5.41, 5.74) is 2.38. The minimum absolute atomic E-state index is 0.114. The Labute approximate surface area is 174 Å². The van der Waals surface area contributed by atoms with E-state index >= 15 is 0 Å². The standard InChI is InChI=1S/C24H24O6/c1-4-28-22(26)13-11-19-15(2)18-10-12-21(16(3)23(18)30-24(19)27)29-14-20(25)17-8-6-5-7-9-17/h5-10,12H,4,11,13-14H2,1-3H3. The van der Waals surface area contributed by atoms with Gasteiger partial charge in [-0.25, -0.2) is 4.79 Å². The highest BCUT2D eigenvalue weighted by molar-refractivity contribution is 5.97. The van der Waals surface area contributed by atoms with Crippen LogP contribution in [0.4, 0.5) is 0 Å². The summed E-state index contributed by atoms with van der Waals surface area (Å²) >= 11 is 0. The van der Waals surface area contributed by atoms with Gasteiger partial charge < -0.3 is 13.9 Å². The highest BCUT2D eigenvalue weighted by atomic mass is 16.5. The van der Waals surface area contributed by atoms with Crippen molar-refractivity contribution in [3.63, 3.8) is 0 Å². The summed E-state index contributed by atoms with van der Waals surface area (Å²) in [6.07, 6.45) is 0.374. The monoisotopic (exact) mass is 408 g/mol. The molecule has 0 aliphatic carbocycles. The lowest BCUT2D eigenvalue weighted by Gasteiger charge is -2.13. The van der Waals surface area contributed by atoms with Gasteiger partial charge in [0.1, 0.15) is 11.3 Å². The van der Waals surface area contributed by atoms with Gasteiger partial charge in [-0.1, -0.05) is 30.3 Å². The van der Waals surface area contributed by atoms with E-state index in [0.29, 0.717) is 34.6 Å². The zero-order valence-corrected chi connectivity index (χ0v) is 17.3. The average molecular weight is 408 g/mol. The van der Waals surface area contributed by atoms with E-state index in [1.54, 1.807) is 50.2 Å². The van der Waals surface area contributed by atoms with Crippen LogP contribution in [0.5, 0.6) is 5.75 Å². The van der Waals surface area contributed by atoms with E-state index in [0.717, 1.165) is 10.9 Å². The quantitative estimate of drug-likeness (QED) is 0.316. The first-order valence-electron chi connectivity index (χ1n) is 9.85. The molecule has 0 saturated carbocycles. The van der Waals surface area contributed by atoms with Gasteiger partial charge in [0.25, 0.3) is 0 Å². The minimum Gasteiger partial charge on any atom is -0.485 e. The molecule has 0 bridgehead atoms. The SMILES string of the molecule is CCOC(=O)CCc1c(C)c2ccc(OCC(=O)c3ccccc3)c(C)c2oc1=O. The predicted molar refractivity (Wildman–Crippen MR) is 113 cm³/mol. The van der Waals surface area contributed by atoms with Crippen molar-refractivity contribution in [1.29, 1.82) is 0 Å². The molecular weight excluding hydrogens is 384 g/mol. The largest absolute Gasteiger partial charge is 0.485 e. The third-order valence-corrected chi connectivity index (χ3v) is 4.99. The topological polar surface area (TPSA) is 82.8 Å². The smallest absolute Gasteiger partial charge is 0.339 e. The van der Waals surface area contributed by atoms with Crippen LogP contribution in [0.25, 0.3) is 11.0 Å². The molecule has 2 aromatic carbocycles. The maximum atomic E-state index is 12.5. The summed E-state index contributed by atoms with van der Waals surface area (Å²) < 4.78 is 16.2. The second-order valence-corrected chi connectivity index (χ2v) is 6.94. The fourth-order valence-electron chi connectivity index (χ4n) is 3.33. The molecule has 156 valence electrons. The summed E-state index contributed by atoms with van der Waals surface area (Å²) in [6.45, 7) is 5.55. The van der Waals surface area contributed by atoms with Crippen molar-refractivity contribution in [2.75, 3.05) is 13.2 Å². The summed E-state index contributed by atoms with van der Waals surface area (Å²) in [5, 5.41) is 0.771. The maximum Gasteiger partial charge on any atom is 0.339 e. The average Bonchev–Trinajstić information content (AvgIpc) is 2.74. The van der Waals surface area contributed by atoms with Crippen LogP contribution in [0.1, 0.15) is 40.4 Å². The minimum atomic E-state index is -0.482. The van der Waals surface area contributed by atoms with Crippen molar-refractivity contribution in [2.45, 2.75) is 33.6 Å². The Balaban J connectivity index is 1.84. The van der Waals surface area contributed by atoms with Crippen molar-refractivity contribution in [3.8, 4) is 5.75 Å². The van der Waals surface area contributed by atoms with E-state index in [1.807, 2.05) is 13.0 Å². The van der Waals surface area contributed by atoms with Gasteiger partial charge in [0.05, 0.1) is 6.61 Å². The van der Waals surface area contributed by atoms with Crippen LogP contribution < -0.4 is 10.4 Å². The summed E-state index contributed by atoms with van der Waals surface area (Å²) in [5.74, 6) is -0.00458. The van der Waals surface area contributed by atoms with Crippen molar-refractivity contribution < 1.29 is 23.5 Å². The first-order valence-corrected chi connectivity index (χ1v) is 9.85. The molecule has 0 aliphatic rings. The molecule has 0 fully saturated rings. The van der Waals surface area contributed by atoms with E-state index in [1.165, 1.54) is 0 Å². The zero-order chi connectivity index (χ0) is 21.7. The lowest BCUT2D eigenvalue weighted by molar-refractivity contribution is -0.143. The Bertz CT molecular complexity index is 1130. The van der Waals surface area contributed by atoms with E-state index in [9.17, 15) is 14.4 Å². The van der Waals surface area contributed by atoms with Crippen LogP contribution in [0.2, 0.25) is 0 Å². The van der Waals surface area contributed by atoms with E-state index in [-0.39, 0.29) is 31.2 Å². The number of carbonyl (C=O) groups excluding carboxylic acids is 2. The van der Waals surface area contributed by atoms with Crippen LogP contribution >= 0.6 is 0 Å². The third kappa shape index (κ3) is 4.59. The number of rotatable bonds is 8. The molecule has 0 spiro atoms. The van der Waals surface area contributed by atoms with Crippen molar-refractivity contribution in [2.24, 2.45) is 0 Å². The number of hydrogen-bond acceptors (Lipinski definition) is 6. The van der Waals surface area contributed by atoms with Crippen molar-refractivity contribution in [1.82, 2.24) is 0 Å². The van der Waals surface area contributed by atoms with Gasteiger partial charge in [0.2, 0.25) is 0 Å². The normalized spacial score (nSPS) is 10.8. The second-order valence-electron chi connectivity index (χ2n) is 6.94. The fourth-order valence-corrected chi connectivity index (χ4v) is 3.33. The number of benzene rings is 2. The van der Waals surface area contributed by atoms with Gasteiger partial charge in [-0.05, 0) is 44.9 Å². The third-order valence-electron chi connectivity index (χ3n) is 4.99. The van der Waals surface area contributed by atoms with E-state index in [4.69, 9.17) is 13.9 Å². The Morgan fingerprint density at radius 2 is 1.73 bits per heavy atom. The van der Waals surface area contributed by atoms with Gasteiger partial charge >= 0.3 is 11.6 Å². The molecule has 3 rings (SSSR count). The summed E-state index contributed by atoms with van der Waals surface area (Å²) in [6, 6.07) is 12.5. The maximum absolute atomic E-state index is 12.5. The van der Waals surface area contributed by atoms with Gasteiger partial charge in [-0.2, -0.15) is 0 Å². The molecule has 0 N–H and O–H groups in total. The molecule has 0 aliphatic heterocycles. The number of fused-ring (bicyclic) bond motifs is 1. The van der Waals surface area contributed by atoms with Crippen molar-refractivity contribution in [3.05, 3.63) is 75.1 Å². The second kappa shape index (κ2) is 9.39. The van der Waals surface area contributed by atoms with Gasteiger partial charge in [0, 0.05) is 28.5 Å². The molecule has 6 heteroatoms. The molecule has 0 amide bonds. The number of hydrogen-bond donors (Lipinski definition) is 0. The van der Waals surface area contributed by atoms with E-state index in [2.05, 4.69) is 0 Å². The van der Waals surface area contributed by atoms with Gasteiger partial charge in [0.15, 0.2) is 12.4 Å². The first kappa shape index (κ1) is 21.3. The number of aryl methyl sites for hydroxylation is 2. The van der Waals surface area contributed by atoms with Crippen LogP contribution in [0.15, 0.2) is 51.7 Å². The number of ketones is 1. The predicted octanol–water partition coefficient (Wildman–Crippen LogP) is 4.17. The van der Waals surface area contributed by atoms with Crippen molar-refractivity contribution >= 4 is 22.7 Å². The molecule has 6 nitrogen and oxygen atoms in total. The Morgan fingerprint density at radius 3 is 2.43 bits per heavy atom.